The van der Waals surface area contributed by atoms with Crippen molar-refractivity contribution in [3.63, 3.8) is 0 Å². The first-order chi connectivity index (χ1) is 48.7. The number of nitrogens with zero attached hydrogens (tertiary/aromatic N) is 12. The molecule has 0 fully saturated rings. The maximum absolute atomic E-state index is 14.8. The highest BCUT2D eigenvalue weighted by molar-refractivity contribution is 7.59. The van der Waals surface area contributed by atoms with Crippen molar-refractivity contribution in [2.24, 2.45) is 32.2 Å². The van der Waals surface area contributed by atoms with E-state index in [1.807, 2.05) is 0 Å². The molecule has 3 aromatic carbocycles. The van der Waals surface area contributed by atoms with Gasteiger partial charge in [0.15, 0.2) is 34.5 Å². The first-order valence-corrected chi connectivity index (χ1v) is 30.4. The zero-order valence-corrected chi connectivity index (χ0v) is 56.3. The van der Waals surface area contributed by atoms with E-state index in [2.05, 4.69) is 29.9 Å². The van der Waals surface area contributed by atoms with Crippen LogP contribution in [-0.2, 0) is 64.8 Å². The number of ether oxygens (including phenoxy) is 3. The fourth-order valence-electron chi connectivity index (χ4n) is 12.0. The number of aromatic nitrogens is 6. The van der Waals surface area contributed by atoms with Gasteiger partial charge in [0.25, 0.3) is 17.7 Å². The molecule has 0 saturated carbocycles. The summed E-state index contributed by atoms with van der Waals surface area (Å²) < 4.78 is 145. The minimum absolute atomic E-state index is 0. The van der Waals surface area contributed by atoms with Gasteiger partial charge >= 0.3 is 17.9 Å². The third-order valence-corrected chi connectivity index (χ3v) is 17.1. The van der Waals surface area contributed by atoms with Gasteiger partial charge in [0.1, 0.15) is 54.6 Å². The van der Waals surface area contributed by atoms with Gasteiger partial charge in [-0.05, 0) is 108 Å². The zero-order valence-electron chi connectivity index (χ0n) is 55.3. The molecule has 9 heterocycles. The molecule has 1 unspecified atom stereocenters. The van der Waals surface area contributed by atoms with Crippen molar-refractivity contribution in [1.82, 2.24) is 43.4 Å². The van der Waals surface area contributed by atoms with Crippen molar-refractivity contribution in [3.8, 4) is 33.4 Å². The van der Waals surface area contributed by atoms with Crippen LogP contribution in [-0.4, -0.2) is 159 Å². The molecule has 544 valence electrons. The number of benzene rings is 3. The third kappa shape index (κ3) is 13.7. The Kier molecular flexibility index (Phi) is 23.5. The topological polar surface area (TPSA) is 308 Å². The summed E-state index contributed by atoms with van der Waals surface area (Å²) in [5.41, 5.74) is 12.7. The van der Waals surface area contributed by atoms with Crippen LogP contribution >= 0.6 is 13.5 Å². The van der Waals surface area contributed by atoms with E-state index in [1.54, 1.807) is 0 Å². The number of carbonyl (C=O) groups excluding carboxylic acids is 6. The molecule has 0 saturated heterocycles. The second kappa shape index (κ2) is 31.4. The van der Waals surface area contributed by atoms with Gasteiger partial charge in [0, 0.05) is 108 Å². The molecular weight excluding hydrogens is 1400 g/mol. The van der Waals surface area contributed by atoms with E-state index >= 15 is 0 Å². The zero-order chi connectivity index (χ0) is 73.9. The van der Waals surface area contributed by atoms with Crippen LogP contribution in [0.1, 0.15) is 72.3 Å². The summed E-state index contributed by atoms with van der Waals surface area (Å²) >= 11 is 0. The molecule has 6 aromatic heterocycles. The molecule has 12 rings (SSSR count). The highest BCUT2D eigenvalue weighted by atomic mass is 32.1. The quantitative estimate of drug-likeness (QED) is 0.0313. The van der Waals surface area contributed by atoms with E-state index in [0.29, 0.717) is 0 Å². The van der Waals surface area contributed by atoms with Gasteiger partial charge in [-0.25, -0.2) is 70.7 Å². The Labute approximate surface area is 594 Å². The van der Waals surface area contributed by atoms with Gasteiger partial charge in [-0.1, -0.05) is 25.6 Å². The van der Waals surface area contributed by atoms with Crippen molar-refractivity contribution in [2.75, 3.05) is 62.5 Å². The first-order valence-electron chi connectivity index (χ1n) is 30.4. The monoisotopic (exact) mass is 1460 g/mol. The number of aliphatic imine (C=N–C) groups is 3. The molecule has 3 aliphatic heterocycles. The van der Waals surface area contributed by atoms with E-state index in [9.17, 15) is 68.3 Å². The highest BCUT2D eigenvalue weighted by Gasteiger charge is 2.54. The molecule has 3 aliphatic rings. The minimum Gasteiger partial charge on any atom is -0.464 e. The lowest BCUT2D eigenvalue weighted by atomic mass is 9.82. The number of carbonyl (C=O) groups is 6. The SMILES string of the molecule is C.COC(=O)c1cc(C2(c3ccc(F)c(-c4cccnc4F)c3)N=C(N)N(C)C2=O)cn1CCF.COC(=O)c1cc([C@@]2(c3ccc(F)c(-c4cccnc4F)c3)N=C(N)N(C)C2=O)cn1CCF.COC(=O)c1cc([C@]2(c3ccc(F)c(-c4cccnc4F)c3)N=C(N)N(C)C2=O)cn1CCF.S. The smallest absolute Gasteiger partial charge is 0.354 e. The number of methoxy groups -OCH3 is 3. The van der Waals surface area contributed by atoms with Gasteiger partial charge in [0.05, 0.1) is 41.0 Å². The number of aryl methyl sites for hydroxylation is 3. The van der Waals surface area contributed by atoms with Gasteiger partial charge < -0.3 is 45.1 Å². The highest BCUT2D eigenvalue weighted by Crippen LogP contribution is 2.46. The van der Waals surface area contributed by atoms with Crippen molar-refractivity contribution in [1.29, 1.82) is 0 Å². The number of guanidine groups is 3. The van der Waals surface area contributed by atoms with Crippen LogP contribution in [0.25, 0.3) is 33.4 Å². The number of halogens is 9. The van der Waals surface area contributed by atoms with Crippen LogP contribution in [0.4, 0.5) is 39.5 Å². The third-order valence-electron chi connectivity index (χ3n) is 17.1. The number of esters is 3. The van der Waals surface area contributed by atoms with E-state index in [4.69, 9.17) is 31.4 Å². The molecule has 6 N–H and O–H groups in total. The summed E-state index contributed by atoms with van der Waals surface area (Å²) in [7, 11) is 7.74. The van der Waals surface area contributed by atoms with Crippen molar-refractivity contribution >= 4 is 67.0 Å². The van der Waals surface area contributed by atoms with E-state index in [-0.39, 0.29) is 142 Å². The fourth-order valence-corrected chi connectivity index (χ4v) is 12.0. The molecule has 24 nitrogen and oxygen atoms in total. The Bertz CT molecular complexity index is 4460. The van der Waals surface area contributed by atoms with Gasteiger partial charge in [-0.2, -0.15) is 26.7 Å². The van der Waals surface area contributed by atoms with Crippen LogP contribution in [0.5, 0.6) is 0 Å². The number of rotatable bonds is 18. The lowest BCUT2D eigenvalue weighted by Gasteiger charge is -2.25. The number of hydrogen-bond acceptors (Lipinski definition) is 18. The van der Waals surface area contributed by atoms with Crippen LogP contribution in [0, 0.1) is 35.3 Å². The Morgan fingerprint density at radius 3 is 0.856 bits per heavy atom. The number of nitrogens with two attached hydrogens (primary N) is 3. The van der Waals surface area contributed by atoms with Gasteiger partial charge in [-0.15, -0.1) is 0 Å². The van der Waals surface area contributed by atoms with Gasteiger partial charge in [-0.3, -0.25) is 29.1 Å². The number of hydrogen-bond donors (Lipinski definition) is 3. The normalized spacial score (nSPS) is 17.4. The number of alkyl halides is 3. The minimum atomic E-state index is -1.83. The number of amides is 3. The average Bonchev–Trinajstić information content (AvgIpc) is 1.56. The lowest BCUT2D eigenvalue weighted by Crippen LogP contribution is -2.41. The number of likely N-dealkylation sites (N-methyl/N-ethyl adjacent to an activating group) is 3. The van der Waals surface area contributed by atoms with E-state index in [0.717, 1.165) is 32.9 Å². The molecule has 9 aromatic rings. The van der Waals surface area contributed by atoms with Gasteiger partial charge in [0.2, 0.25) is 17.8 Å². The molecule has 3 atom stereocenters. The van der Waals surface area contributed by atoms with Crippen molar-refractivity contribution in [3.05, 3.63) is 232 Å². The lowest BCUT2D eigenvalue weighted by molar-refractivity contribution is -0.130. The van der Waals surface area contributed by atoms with Crippen molar-refractivity contribution in [2.45, 2.75) is 43.7 Å². The van der Waals surface area contributed by atoms with Crippen LogP contribution in [0.3, 0.4) is 0 Å². The van der Waals surface area contributed by atoms with Crippen molar-refractivity contribution < 1.29 is 82.5 Å². The second-order valence-corrected chi connectivity index (χ2v) is 22.7. The molecule has 0 spiro atoms. The summed E-state index contributed by atoms with van der Waals surface area (Å²) in [6.45, 7) is -2.90. The maximum atomic E-state index is 14.8. The molecule has 104 heavy (non-hydrogen) atoms. The van der Waals surface area contributed by atoms with Crippen LogP contribution in [0.2, 0.25) is 0 Å². The van der Waals surface area contributed by atoms with E-state index in [1.165, 1.54) is 184 Å². The second-order valence-electron chi connectivity index (χ2n) is 22.7. The molecule has 0 bridgehead atoms. The molecule has 0 aliphatic carbocycles. The summed E-state index contributed by atoms with van der Waals surface area (Å²) in [6.07, 6.45) is 7.87. The Morgan fingerprint density at radius 2 is 0.654 bits per heavy atom. The molecule has 3 amide bonds. The average molecular weight is 1460 g/mol. The first kappa shape index (κ1) is 77.6. The number of pyridine rings is 3. The Balaban J connectivity index is 0.000000196. The molecule has 34 heteroatoms. The summed E-state index contributed by atoms with van der Waals surface area (Å²) in [5, 5.41) is 0. The van der Waals surface area contributed by atoms with Crippen LogP contribution < -0.4 is 17.2 Å². The standard InChI is InChI=1S/3C23H20F3N5O3.CH4.H2S/c3*1-30-21(33)23(29-22(30)27,14-11-18(20(32)34-2)31(12-14)9-7-24)13-5-6-17(25)16(10-13)15-4-3-8-28-19(15)26;;/h3*3-6,8,10-12H,7,9H2,1-2H3,(H2,27,29);1H4;1H2/t2*23-;;;/m10.../s1. The largest absolute Gasteiger partial charge is 0.464 e. The predicted octanol–water partition coefficient (Wildman–Crippen LogP) is 8.59. The Morgan fingerprint density at radius 1 is 0.404 bits per heavy atom. The molecular formula is C70H66F9N15O9S. The maximum Gasteiger partial charge on any atom is 0.354 e. The predicted molar refractivity (Wildman–Crippen MR) is 367 cm³/mol. The summed E-state index contributed by atoms with van der Waals surface area (Å²) in [4.78, 5) is 105. The fraction of sp³-hybridized carbons (Fsp3) is 0.229. The Hall–Kier alpha value is -12.1. The molecule has 0 radical (unpaired) electrons. The van der Waals surface area contributed by atoms with Crippen LogP contribution in [0.15, 0.2) is 161 Å². The summed E-state index contributed by atoms with van der Waals surface area (Å²) in [6, 6.07) is 23.5. The van der Waals surface area contributed by atoms with E-state index < -0.39 is 108 Å². The summed E-state index contributed by atoms with van der Waals surface area (Å²) in [5.74, 6) is -9.32.